The molecule has 0 aromatic heterocycles. The second-order valence-corrected chi connectivity index (χ2v) is 11.1. The number of aliphatic hydroxyl groups excluding tert-OH is 1. The van der Waals surface area contributed by atoms with Crippen molar-refractivity contribution in [3.63, 3.8) is 0 Å². The quantitative estimate of drug-likeness (QED) is 0.213. The van der Waals surface area contributed by atoms with Gasteiger partial charge in [-0.05, 0) is 42.6 Å². The first-order chi connectivity index (χ1) is 21.2. The van der Waals surface area contributed by atoms with Gasteiger partial charge in [0.1, 0.15) is 6.10 Å². The highest BCUT2D eigenvalue weighted by molar-refractivity contribution is 6.04. The first kappa shape index (κ1) is 30.4. The number of carbonyl (C=O) groups excluding carboxylic acids is 3. The van der Waals surface area contributed by atoms with Crippen LogP contribution in [0.25, 0.3) is 10.8 Å². The first-order valence-corrected chi connectivity index (χ1v) is 14.6. The van der Waals surface area contributed by atoms with Gasteiger partial charge in [-0.15, -0.1) is 0 Å². The molecule has 0 saturated carbocycles. The van der Waals surface area contributed by atoms with Crippen LogP contribution in [0.3, 0.4) is 0 Å². The zero-order valence-corrected chi connectivity index (χ0v) is 25.0. The maximum absolute atomic E-state index is 13.7. The minimum atomic E-state index is -0.557. The maximum Gasteiger partial charge on any atom is 0.323 e. The molecule has 0 spiro atoms. The standard InChI is InChI=1S/C34H37N5O5/c1-22-19-39(23(2)21-40)32(41)27-16-10-18-29(36-33(42)35-25-13-5-4-6-14-25)31(27)44-30(22)20-38(3)34(43)37-28-17-9-12-24-11-7-8-15-26(24)28/h4-18,22-23,30,40H,19-21H2,1-3H3,(H,37,43)(H2,35,36,42)/t22-,23+,30+/m0/s1. The molecule has 0 radical (unpaired) electrons. The molecule has 0 fully saturated rings. The summed E-state index contributed by atoms with van der Waals surface area (Å²) < 4.78 is 6.53. The van der Waals surface area contributed by atoms with Gasteiger partial charge in [0.15, 0.2) is 5.75 Å². The third-order valence-corrected chi connectivity index (χ3v) is 7.80. The molecular formula is C34H37N5O5. The predicted molar refractivity (Wildman–Crippen MR) is 172 cm³/mol. The van der Waals surface area contributed by atoms with E-state index in [4.69, 9.17) is 4.74 Å². The smallest absolute Gasteiger partial charge is 0.323 e. The molecule has 0 saturated heterocycles. The van der Waals surface area contributed by atoms with E-state index in [1.54, 1.807) is 54.1 Å². The monoisotopic (exact) mass is 595 g/mol. The first-order valence-electron chi connectivity index (χ1n) is 14.6. The molecule has 228 valence electrons. The van der Waals surface area contributed by atoms with Crippen LogP contribution in [-0.2, 0) is 0 Å². The number of carbonyl (C=O) groups is 3. The number of urea groups is 2. The van der Waals surface area contributed by atoms with Crippen molar-refractivity contribution in [3.05, 3.63) is 96.6 Å². The van der Waals surface area contributed by atoms with Crippen LogP contribution in [0, 0.1) is 5.92 Å². The normalized spacial score (nSPS) is 17.0. The second kappa shape index (κ2) is 13.5. The van der Waals surface area contributed by atoms with E-state index in [1.807, 2.05) is 67.6 Å². The largest absolute Gasteiger partial charge is 0.485 e. The Morgan fingerprint density at radius 3 is 2.39 bits per heavy atom. The van der Waals surface area contributed by atoms with E-state index < -0.39 is 18.2 Å². The van der Waals surface area contributed by atoms with Crippen molar-refractivity contribution in [1.29, 1.82) is 0 Å². The van der Waals surface area contributed by atoms with Crippen LogP contribution in [0.2, 0.25) is 0 Å². The summed E-state index contributed by atoms with van der Waals surface area (Å²) in [6.07, 6.45) is -0.557. The Kier molecular flexibility index (Phi) is 9.30. The molecule has 10 heteroatoms. The number of benzene rings is 4. The predicted octanol–water partition coefficient (Wildman–Crippen LogP) is 5.87. The van der Waals surface area contributed by atoms with Crippen molar-refractivity contribution in [2.45, 2.75) is 26.0 Å². The van der Waals surface area contributed by atoms with Crippen LogP contribution in [0.5, 0.6) is 5.75 Å². The van der Waals surface area contributed by atoms with Gasteiger partial charge in [0.05, 0.1) is 36.1 Å². The molecule has 5 amide bonds. The number of ether oxygens (including phenoxy) is 1. The summed E-state index contributed by atoms with van der Waals surface area (Å²) in [5.74, 6) is -0.351. The van der Waals surface area contributed by atoms with Crippen molar-refractivity contribution in [2.24, 2.45) is 5.92 Å². The number of nitrogens with zero attached hydrogens (tertiary/aromatic N) is 2. The molecule has 44 heavy (non-hydrogen) atoms. The molecule has 1 heterocycles. The Morgan fingerprint density at radius 2 is 1.61 bits per heavy atom. The van der Waals surface area contributed by atoms with Crippen LogP contribution in [0.15, 0.2) is 91.0 Å². The van der Waals surface area contributed by atoms with Gasteiger partial charge in [-0.25, -0.2) is 9.59 Å². The molecule has 4 N–H and O–H groups in total. The summed E-state index contributed by atoms with van der Waals surface area (Å²) in [7, 11) is 1.69. The molecule has 10 nitrogen and oxygen atoms in total. The molecule has 4 aromatic rings. The summed E-state index contributed by atoms with van der Waals surface area (Å²) in [4.78, 5) is 43.2. The van der Waals surface area contributed by atoms with Gasteiger partial charge in [-0.2, -0.15) is 0 Å². The van der Waals surface area contributed by atoms with Crippen LogP contribution in [0.4, 0.5) is 26.7 Å². The van der Waals surface area contributed by atoms with Crippen LogP contribution in [0.1, 0.15) is 24.2 Å². The van der Waals surface area contributed by atoms with Gasteiger partial charge in [-0.1, -0.05) is 67.6 Å². The van der Waals surface area contributed by atoms with Crippen LogP contribution in [-0.4, -0.2) is 71.8 Å². The molecule has 0 unspecified atom stereocenters. The molecule has 1 aliphatic rings. The number of amides is 5. The van der Waals surface area contributed by atoms with Crippen LogP contribution < -0.4 is 20.7 Å². The number of nitrogens with one attached hydrogen (secondary N) is 3. The molecule has 1 aliphatic heterocycles. The average Bonchev–Trinajstić information content (AvgIpc) is 3.03. The number of para-hydroxylation sites is 2. The third-order valence-electron chi connectivity index (χ3n) is 7.80. The van der Waals surface area contributed by atoms with E-state index in [0.717, 1.165) is 10.8 Å². The topological polar surface area (TPSA) is 123 Å². The Labute approximate surface area is 256 Å². The number of anilines is 3. The molecule has 4 aromatic carbocycles. The minimum absolute atomic E-state index is 0.192. The van der Waals surface area contributed by atoms with Gasteiger partial charge >= 0.3 is 12.1 Å². The van der Waals surface area contributed by atoms with Gasteiger partial charge in [0.25, 0.3) is 5.91 Å². The lowest BCUT2D eigenvalue weighted by Crippen LogP contribution is -2.50. The second-order valence-electron chi connectivity index (χ2n) is 11.1. The van der Waals surface area contributed by atoms with Gasteiger partial charge in [-0.3, -0.25) is 4.79 Å². The zero-order valence-electron chi connectivity index (χ0n) is 25.0. The lowest BCUT2D eigenvalue weighted by Gasteiger charge is -2.38. The maximum atomic E-state index is 13.7. The van der Waals surface area contributed by atoms with Crippen molar-refractivity contribution in [1.82, 2.24) is 9.80 Å². The Morgan fingerprint density at radius 1 is 0.932 bits per heavy atom. The molecule has 5 rings (SSSR count). The average molecular weight is 596 g/mol. The summed E-state index contributed by atoms with van der Waals surface area (Å²) in [5.41, 5.74) is 1.86. The fourth-order valence-electron chi connectivity index (χ4n) is 5.26. The minimum Gasteiger partial charge on any atom is -0.485 e. The van der Waals surface area contributed by atoms with Gasteiger partial charge < -0.3 is 35.6 Å². The van der Waals surface area contributed by atoms with E-state index in [1.165, 1.54) is 0 Å². The molecular weight excluding hydrogens is 558 g/mol. The van der Waals surface area contributed by atoms with E-state index in [2.05, 4.69) is 16.0 Å². The fraction of sp³-hybridized carbons (Fsp3) is 0.265. The van der Waals surface area contributed by atoms with Crippen molar-refractivity contribution < 1.29 is 24.2 Å². The van der Waals surface area contributed by atoms with Crippen LogP contribution >= 0.6 is 0 Å². The summed E-state index contributed by atoms with van der Waals surface area (Å²) in [5, 5.41) is 20.5. The van der Waals surface area contributed by atoms with E-state index in [9.17, 15) is 19.5 Å². The van der Waals surface area contributed by atoms with Crippen molar-refractivity contribution in [2.75, 3.05) is 42.7 Å². The van der Waals surface area contributed by atoms with Crippen molar-refractivity contribution >= 4 is 45.8 Å². The SMILES string of the molecule is C[C@H](CO)N1C[C@H](C)[C@@H](CN(C)C(=O)Nc2cccc3ccccc23)Oc2c(NC(=O)Nc3ccccc3)cccc2C1=O. The number of rotatable bonds is 7. The molecule has 0 aliphatic carbocycles. The third kappa shape index (κ3) is 6.76. The summed E-state index contributed by atoms with van der Waals surface area (Å²) in [6.45, 7) is 3.99. The van der Waals surface area contributed by atoms with E-state index in [0.29, 0.717) is 23.6 Å². The lowest BCUT2D eigenvalue weighted by molar-refractivity contribution is 0.0373. The van der Waals surface area contributed by atoms with Gasteiger partial charge in [0, 0.05) is 30.6 Å². The Hall–Kier alpha value is -5.09. The fourth-order valence-corrected chi connectivity index (χ4v) is 5.26. The Balaban J connectivity index is 1.41. The summed E-state index contributed by atoms with van der Waals surface area (Å²) >= 11 is 0. The number of hydrogen-bond donors (Lipinski definition) is 4. The zero-order chi connectivity index (χ0) is 31.2. The number of aliphatic hydroxyl groups is 1. The molecule has 0 bridgehead atoms. The highest BCUT2D eigenvalue weighted by Crippen LogP contribution is 2.35. The van der Waals surface area contributed by atoms with Crippen molar-refractivity contribution in [3.8, 4) is 5.75 Å². The lowest BCUT2D eigenvalue weighted by atomic mass is 9.99. The van der Waals surface area contributed by atoms with E-state index >= 15 is 0 Å². The highest BCUT2D eigenvalue weighted by atomic mass is 16.5. The Bertz CT molecular complexity index is 1640. The van der Waals surface area contributed by atoms with Gasteiger partial charge in [0.2, 0.25) is 0 Å². The number of hydrogen-bond acceptors (Lipinski definition) is 5. The molecule has 3 atom stereocenters. The summed E-state index contributed by atoms with van der Waals surface area (Å²) in [6, 6.07) is 26.3. The number of fused-ring (bicyclic) bond motifs is 2. The highest BCUT2D eigenvalue weighted by Gasteiger charge is 2.35. The van der Waals surface area contributed by atoms with E-state index in [-0.39, 0.29) is 42.3 Å². The number of likely N-dealkylation sites (N-methyl/N-ethyl adjacent to an activating group) is 1.